The number of anilines is 1. The predicted molar refractivity (Wildman–Crippen MR) is 79.0 cm³/mol. The summed E-state index contributed by atoms with van der Waals surface area (Å²) in [6.45, 7) is 5.73. The molecule has 0 aromatic carbocycles. The molecule has 5 nitrogen and oxygen atoms in total. The van der Waals surface area contributed by atoms with Gasteiger partial charge in [-0.2, -0.15) is 0 Å². The molecule has 1 aromatic rings. The number of hydrogen-bond acceptors (Lipinski definition) is 5. The largest absolute Gasteiger partial charge is 0.378 e. The second kappa shape index (κ2) is 6.99. The molecule has 20 heavy (non-hydrogen) atoms. The summed E-state index contributed by atoms with van der Waals surface area (Å²) in [5.41, 5.74) is 1.13. The number of hydrogen-bond donors (Lipinski definition) is 1. The summed E-state index contributed by atoms with van der Waals surface area (Å²) >= 11 is 0. The summed E-state index contributed by atoms with van der Waals surface area (Å²) in [6, 6.07) is 0. The van der Waals surface area contributed by atoms with Gasteiger partial charge in [-0.3, -0.25) is 4.98 Å². The lowest BCUT2D eigenvalue weighted by molar-refractivity contribution is 0.122. The Morgan fingerprint density at radius 2 is 2.05 bits per heavy atom. The average Bonchev–Trinajstić information content (AvgIpc) is 2.78. The molecule has 2 aliphatic heterocycles. The third kappa shape index (κ3) is 3.67. The van der Waals surface area contributed by atoms with Crippen LogP contribution in [0.4, 0.5) is 5.82 Å². The Morgan fingerprint density at radius 3 is 2.85 bits per heavy atom. The molecule has 110 valence electrons. The van der Waals surface area contributed by atoms with Crippen molar-refractivity contribution in [2.45, 2.75) is 25.7 Å². The van der Waals surface area contributed by atoms with Crippen molar-refractivity contribution in [1.29, 1.82) is 0 Å². The number of morpholine rings is 1. The zero-order chi connectivity index (χ0) is 13.6. The maximum atomic E-state index is 5.36. The first kappa shape index (κ1) is 13.8. The molecular formula is C15H24N4O. The molecule has 0 radical (unpaired) electrons. The molecule has 0 amide bonds. The number of nitrogens with one attached hydrogen (secondary N) is 1. The minimum Gasteiger partial charge on any atom is -0.378 e. The van der Waals surface area contributed by atoms with E-state index in [9.17, 15) is 0 Å². The van der Waals surface area contributed by atoms with Gasteiger partial charge in [-0.25, -0.2) is 4.98 Å². The van der Waals surface area contributed by atoms with Gasteiger partial charge in [0.15, 0.2) is 0 Å². The van der Waals surface area contributed by atoms with Crippen LogP contribution in [0.5, 0.6) is 0 Å². The van der Waals surface area contributed by atoms with Gasteiger partial charge < -0.3 is 15.0 Å². The van der Waals surface area contributed by atoms with E-state index >= 15 is 0 Å². The highest BCUT2D eigenvalue weighted by Crippen LogP contribution is 2.19. The van der Waals surface area contributed by atoms with Gasteiger partial charge in [0.1, 0.15) is 5.82 Å². The number of nitrogens with zero attached hydrogens (tertiary/aromatic N) is 3. The molecule has 2 saturated heterocycles. The smallest absolute Gasteiger partial charge is 0.147 e. The predicted octanol–water partition coefficient (Wildman–Crippen LogP) is 1.25. The average molecular weight is 276 g/mol. The highest BCUT2D eigenvalue weighted by molar-refractivity contribution is 5.36. The van der Waals surface area contributed by atoms with Gasteiger partial charge in [-0.05, 0) is 44.7 Å². The van der Waals surface area contributed by atoms with Gasteiger partial charge in [0.05, 0.1) is 31.3 Å². The van der Waals surface area contributed by atoms with Gasteiger partial charge in [-0.1, -0.05) is 0 Å². The van der Waals surface area contributed by atoms with Crippen molar-refractivity contribution in [3.8, 4) is 0 Å². The zero-order valence-corrected chi connectivity index (χ0v) is 12.1. The lowest BCUT2D eigenvalue weighted by Gasteiger charge is -2.27. The van der Waals surface area contributed by atoms with E-state index in [-0.39, 0.29) is 0 Å². The van der Waals surface area contributed by atoms with Gasteiger partial charge in [0, 0.05) is 13.1 Å². The molecule has 0 saturated carbocycles. The van der Waals surface area contributed by atoms with E-state index in [1.807, 2.05) is 12.4 Å². The van der Waals surface area contributed by atoms with Crippen LogP contribution in [0.15, 0.2) is 12.4 Å². The second-order valence-corrected chi connectivity index (χ2v) is 5.72. The summed E-state index contributed by atoms with van der Waals surface area (Å²) in [4.78, 5) is 11.4. The van der Waals surface area contributed by atoms with Crippen molar-refractivity contribution in [3.63, 3.8) is 0 Å². The number of rotatable bonds is 3. The molecule has 0 spiro atoms. The van der Waals surface area contributed by atoms with E-state index in [0.717, 1.165) is 63.2 Å². The monoisotopic (exact) mass is 276 g/mol. The molecule has 3 heterocycles. The third-order valence-electron chi connectivity index (χ3n) is 4.22. The van der Waals surface area contributed by atoms with Crippen molar-refractivity contribution >= 4 is 5.82 Å². The van der Waals surface area contributed by atoms with Crippen molar-refractivity contribution in [2.24, 2.45) is 5.92 Å². The van der Waals surface area contributed by atoms with Crippen LogP contribution in [0.25, 0.3) is 0 Å². The summed E-state index contributed by atoms with van der Waals surface area (Å²) in [7, 11) is 0. The maximum absolute atomic E-state index is 5.36. The van der Waals surface area contributed by atoms with Crippen molar-refractivity contribution in [1.82, 2.24) is 15.3 Å². The van der Waals surface area contributed by atoms with E-state index in [1.54, 1.807) is 0 Å². The van der Waals surface area contributed by atoms with Crippen LogP contribution in [-0.2, 0) is 11.2 Å². The Labute approximate surface area is 120 Å². The molecule has 0 bridgehead atoms. The normalized spacial score (nSPS) is 24.4. The summed E-state index contributed by atoms with van der Waals surface area (Å²) < 4.78 is 5.36. The standard InChI is InChI=1S/C15H24N4O/c1-2-13(3-5-16-4-1)10-14-11-18-15(12-17-14)19-6-8-20-9-7-19/h11-13,16H,1-10H2. The maximum Gasteiger partial charge on any atom is 0.147 e. The molecule has 1 aromatic heterocycles. The first-order valence-corrected chi connectivity index (χ1v) is 7.76. The fraction of sp³-hybridized carbons (Fsp3) is 0.733. The topological polar surface area (TPSA) is 50.3 Å². The second-order valence-electron chi connectivity index (χ2n) is 5.72. The summed E-state index contributed by atoms with van der Waals surface area (Å²) in [5, 5.41) is 3.46. The molecule has 2 aliphatic rings. The fourth-order valence-electron chi connectivity index (χ4n) is 3.00. The Bertz CT molecular complexity index is 395. The van der Waals surface area contributed by atoms with E-state index in [2.05, 4.69) is 20.2 Å². The minimum absolute atomic E-state index is 0.758. The number of aromatic nitrogens is 2. The highest BCUT2D eigenvalue weighted by atomic mass is 16.5. The van der Waals surface area contributed by atoms with Crippen molar-refractivity contribution in [2.75, 3.05) is 44.3 Å². The lowest BCUT2D eigenvalue weighted by atomic mass is 9.95. The molecular weight excluding hydrogens is 252 g/mol. The quantitative estimate of drug-likeness (QED) is 0.900. The van der Waals surface area contributed by atoms with Crippen LogP contribution in [0, 0.1) is 5.92 Å². The number of ether oxygens (including phenoxy) is 1. The Hall–Kier alpha value is -1.20. The van der Waals surface area contributed by atoms with Crippen LogP contribution >= 0.6 is 0 Å². The van der Waals surface area contributed by atoms with Crippen LogP contribution in [0.2, 0.25) is 0 Å². The van der Waals surface area contributed by atoms with E-state index in [1.165, 1.54) is 19.3 Å². The van der Waals surface area contributed by atoms with Gasteiger partial charge in [-0.15, -0.1) is 0 Å². The van der Waals surface area contributed by atoms with E-state index < -0.39 is 0 Å². The molecule has 3 rings (SSSR count). The fourth-order valence-corrected chi connectivity index (χ4v) is 3.00. The molecule has 2 fully saturated rings. The SMILES string of the molecule is c1nc(N2CCOCC2)cnc1CC1CCCNCC1. The van der Waals surface area contributed by atoms with Crippen molar-refractivity contribution in [3.05, 3.63) is 18.1 Å². The van der Waals surface area contributed by atoms with Crippen LogP contribution < -0.4 is 10.2 Å². The molecule has 1 N–H and O–H groups in total. The van der Waals surface area contributed by atoms with Crippen LogP contribution in [0.3, 0.4) is 0 Å². The zero-order valence-electron chi connectivity index (χ0n) is 12.1. The van der Waals surface area contributed by atoms with Gasteiger partial charge in [0.25, 0.3) is 0 Å². The first-order valence-electron chi connectivity index (χ1n) is 7.76. The van der Waals surface area contributed by atoms with Gasteiger partial charge in [0.2, 0.25) is 0 Å². The Kier molecular flexibility index (Phi) is 4.82. The first-order chi connectivity index (χ1) is 9.92. The highest BCUT2D eigenvalue weighted by Gasteiger charge is 2.15. The summed E-state index contributed by atoms with van der Waals surface area (Å²) in [5.74, 6) is 1.74. The molecule has 0 aliphatic carbocycles. The van der Waals surface area contributed by atoms with Crippen LogP contribution in [0.1, 0.15) is 25.0 Å². The van der Waals surface area contributed by atoms with E-state index in [4.69, 9.17) is 4.74 Å². The van der Waals surface area contributed by atoms with Crippen LogP contribution in [-0.4, -0.2) is 49.4 Å². The van der Waals surface area contributed by atoms with Crippen molar-refractivity contribution < 1.29 is 4.74 Å². The molecule has 1 unspecified atom stereocenters. The van der Waals surface area contributed by atoms with E-state index in [0.29, 0.717) is 0 Å². The van der Waals surface area contributed by atoms with Gasteiger partial charge >= 0.3 is 0 Å². The Morgan fingerprint density at radius 1 is 1.15 bits per heavy atom. The Balaban J connectivity index is 1.57. The lowest BCUT2D eigenvalue weighted by Crippen LogP contribution is -2.36. The molecule has 1 atom stereocenters. The third-order valence-corrected chi connectivity index (χ3v) is 4.22. The summed E-state index contributed by atoms with van der Waals surface area (Å²) in [6.07, 6.45) is 8.80. The molecule has 5 heteroatoms. The minimum atomic E-state index is 0.758.